The van der Waals surface area contributed by atoms with Crippen LogP contribution in [0.5, 0.6) is 6.01 Å². The maximum atomic E-state index is 13.8. The summed E-state index contributed by atoms with van der Waals surface area (Å²) < 4.78 is 20.1. The van der Waals surface area contributed by atoms with E-state index in [1.165, 1.54) is 17.7 Å². The van der Waals surface area contributed by atoms with Gasteiger partial charge in [-0.3, -0.25) is 9.69 Å². The van der Waals surface area contributed by atoms with Gasteiger partial charge in [-0.25, -0.2) is 11.0 Å². The van der Waals surface area contributed by atoms with E-state index in [0.29, 0.717) is 55.8 Å². The number of benzene rings is 2. The summed E-state index contributed by atoms with van der Waals surface area (Å²) in [5.74, 6) is -0.986. The van der Waals surface area contributed by atoms with Crippen molar-refractivity contribution in [1.82, 2.24) is 19.8 Å². The summed E-state index contributed by atoms with van der Waals surface area (Å²) in [6, 6.07) is 13.1. The molecule has 2 atom stereocenters. The minimum atomic E-state index is -1.01. The van der Waals surface area contributed by atoms with Crippen LogP contribution in [0, 0.1) is 6.57 Å². The molecule has 4 heterocycles. The smallest absolute Gasteiger partial charge is 0.318 e. The van der Waals surface area contributed by atoms with E-state index in [9.17, 15) is 9.18 Å². The van der Waals surface area contributed by atoms with Crippen LogP contribution in [0.1, 0.15) is 30.5 Å². The minimum absolute atomic E-state index is 0.0699. The first-order valence-corrected chi connectivity index (χ1v) is 15.7. The number of ether oxygens (including phenoxy) is 1. The van der Waals surface area contributed by atoms with Gasteiger partial charge in [-0.15, -0.1) is 0 Å². The van der Waals surface area contributed by atoms with Gasteiger partial charge < -0.3 is 24.3 Å². The molecule has 1 aromatic heterocycles. The van der Waals surface area contributed by atoms with E-state index in [-0.39, 0.29) is 13.1 Å². The second kappa shape index (κ2) is 11.9. The summed E-state index contributed by atoms with van der Waals surface area (Å²) >= 11 is 6.69. The van der Waals surface area contributed by atoms with Crippen molar-refractivity contribution in [3.05, 3.63) is 76.5 Å². The predicted molar refractivity (Wildman–Crippen MR) is 169 cm³/mol. The number of carbonyl (C=O) groups excluding carboxylic acids is 1. The molecule has 3 aromatic rings. The first kappa shape index (κ1) is 28.8. The van der Waals surface area contributed by atoms with Gasteiger partial charge in [0.05, 0.1) is 17.3 Å². The van der Waals surface area contributed by atoms with Gasteiger partial charge in [-0.2, -0.15) is 9.97 Å². The minimum Gasteiger partial charge on any atom is -0.462 e. The summed E-state index contributed by atoms with van der Waals surface area (Å²) in [5, 5.41) is 2.82. The summed E-state index contributed by atoms with van der Waals surface area (Å²) in [7, 11) is 0. The molecule has 44 heavy (non-hydrogen) atoms. The zero-order valence-corrected chi connectivity index (χ0v) is 25.3. The number of piperazine rings is 1. The van der Waals surface area contributed by atoms with Gasteiger partial charge in [0.25, 0.3) is 5.91 Å². The molecule has 0 radical (unpaired) electrons. The van der Waals surface area contributed by atoms with Crippen molar-refractivity contribution in [3.63, 3.8) is 0 Å². The highest BCUT2D eigenvalue weighted by Gasteiger charge is 2.40. The fraction of sp³-hybridized carbons (Fsp3) is 0.455. The van der Waals surface area contributed by atoms with E-state index in [2.05, 4.69) is 50.4 Å². The standard InChI is InChI=1S/C33H35ClFN7O2/c1-21(35)32(43)42-16-15-40(18-25(42)17-36-2)31-26-12-13-39(29-8-4-6-22-5-3-7-27(34)30(22)29)19-28(26)37-33(38-31)44-20-24-11-14-41(24)23-9-10-23/h3-8,23-25H,1,9-20H2/t24?,25-/m0/s1. The third kappa shape index (κ3) is 5.44. The normalized spacial score (nSPS) is 21.9. The van der Waals surface area contributed by atoms with E-state index >= 15 is 0 Å². The van der Waals surface area contributed by atoms with Gasteiger partial charge in [0.15, 0.2) is 5.83 Å². The quantitative estimate of drug-likeness (QED) is 0.264. The van der Waals surface area contributed by atoms with Crippen molar-refractivity contribution in [2.24, 2.45) is 0 Å². The molecule has 1 aliphatic carbocycles. The van der Waals surface area contributed by atoms with E-state index in [4.69, 9.17) is 32.9 Å². The Morgan fingerprint density at radius 2 is 1.89 bits per heavy atom. The summed E-state index contributed by atoms with van der Waals surface area (Å²) in [6.45, 7) is 14.8. The average molecular weight is 616 g/mol. The van der Waals surface area contributed by atoms with Crippen LogP contribution < -0.4 is 14.5 Å². The van der Waals surface area contributed by atoms with E-state index in [0.717, 1.165) is 53.0 Å². The molecular formula is C33H35ClFN7O2. The molecule has 9 nitrogen and oxygen atoms in total. The Morgan fingerprint density at radius 1 is 1.07 bits per heavy atom. The maximum absolute atomic E-state index is 13.8. The lowest BCUT2D eigenvalue weighted by atomic mass is 10.0. The van der Waals surface area contributed by atoms with Crippen molar-refractivity contribution in [2.75, 3.05) is 55.7 Å². The number of rotatable bonds is 8. The van der Waals surface area contributed by atoms with Crippen LogP contribution in [0.3, 0.4) is 0 Å². The molecule has 3 fully saturated rings. The molecule has 1 saturated carbocycles. The highest BCUT2D eigenvalue weighted by Crippen LogP contribution is 2.38. The Morgan fingerprint density at radius 3 is 2.61 bits per heavy atom. The Balaban J connectivity index is 1.20. The van der Waals surface area contributed by atoms with E-state index < -0.39 is 17.8 Å². The maximum Gasteiger partial charge on any atom is 0.318 e. The molecule has 2 aromatic carbocycles. The number of anilines is 2. The summed E-state index contributed by atoms with van der Waals surface area (Å²) in [6.07, 6.45) is 4.34. The van der Waals surface area contributed by atoms with E-state index in [1.807, 2.05) is 12.1 Å². The lowest BCUT2D eigenvalue weighted by molar-refractivity contribution is -0.131. The first-order valence-electron chi connectivity index (χ1n) is 15.4. The second-order valence-corrected chi connectivity index (χ2v) is 12.5. The van der Waals surface area contributed by atoms with Crippen LogP contribution in [0.25, 0.3) is 15.6 Å². The van der Waals surface area contributed by atoms with Gasteiger partial charge in [0.1, 0.15) is 18.5 Å². The number of fused-ring (bicyclic) bond motifs is 2. The lowest BCUT2D eigenvalue weighted by Crippen LogP contribution is -2.57. The number of amides is 1. The van der Waals surface area contributed by atoms with Crippen LogP contribution in [-0.4, -0.2) is 89.7 Å². The van der Waals surface area contributed by atoms with Crippen LogP contribution in [-0.2, 0) is 17.8 Å². The molecule has 2 saturated heterocycles. The third-order valence-electron chi connectivity index (χ3n) is 9.38. The monoisotopic (exact) mass is 615 g/mol. The Hall–Kier alpha value is -3.94. The van der Waals surface area contributed by atoms with E-state index in [1.54, 1.807) is 0 Å². The SMILES string of the molecule is [C-]#[N+]C[C@H]1CN(c2nc(OCC3CCN3C3CC3)nc3c2CCN(c2cccc4cccc(Cl)c24)C3)CCN1C(=O)C(=C)F. The number of halogens is 2. The lowest BCUT2D eigenvalue weighted by Gasteiger charge is -2.41. The number of nitrogens with zero attached hydrogens (tertiary/aromatic N) is 7. The number of aromatic nitrogens is 2. The van der Waals surface area contributed by atoms with Crippen molar-refractivity contribution in [2.45, 2.75) is 50.4 Å². The number of likely N-dealkylation sites (tertiary alicyclic amines) is 1. The molecule has 3 aliphatic heterocycles. The van der Waals surface area contributed by atoms with Gasteiger partial charge >= 0.3 is 6.01 Å². The zero-order valence-electron chi connectivity index (χ0n) is 24.6. The van der Waals surface area contributed by atoms with Crippen LogP contribution >= 0.6 is 11.6 Å². The highest BCUT2D eigenvalue weighted by molar-refractivity contribution is 6.36. The average Bonchev–Trinajstić information content (AvgIpc) is 3.84. The van der Waals surface area contributed by atoms with Gasteiger partial charge in [0, 0.05) is 61.4 Å². The molecule has 228 valence electrons. The topological polar surface area (TPSA) is 69.4 Å². The van der Waals surface area contributed by atoms with Crippen LogP contribution in [0.15, 0.2) is 48.8 Å². The molecule has 11 heteroatoms. The fourth-order valence-electron chi connectivity index (χ4n) is 6.89. The Kier molecular flexibility index (Phi) is 7.77. The van der Waals surface area contributed by atoms with Crippen molar-refractivity contribution < 1.29 is 13.9 Å². The largest absolute Gasteiger partial charge is 0.462 e. The van der Waals surface area contributed by atoms with Gasteiger partial charge in [-0.1, -0.05) is 42.4 Å². The molecule has 0 spiro atoms. The zero-order chi connectivity index (χ0) is 30.4. The number of carbonyl (C=O) groups is 1. The molecular weight excluding hydrogens is 581 g/mol. The van der Waals surface area contributed by atoms with Crippen molar-refractivity contribution in [1.29, 1.82) is 0 Å². The first-order chi connectivity index (χ1) is 21.4. The van der Waals surface area contributed by atoms with Crippen LogP contribution in [0.2, 0.25) is 5.02 Å². The molecule has 1 unspecified atom stereocenters. The van der Waals surface area contributed by atoms with Crippen LogP contribution in [0.4, 0.5) is 15.9 Å². The highest BCUT2D eigenvalue weighted by atomic mass is 35.5. The molecule has 1 amide bonds. The fourth-order valence-corrected chi connectivity index (χ4v) is 7.17. The van der Waals surface area contributed by atoms with Crippen molar-refractivity contribution in [3.8, 4) is 6.01 Å². The number of hydrogen-bond donors (Lipinski definition) is 0. The predicted octanol–water partition coefficient (Wildman–Crippen LogP) is 4.88. The molecule has 4 aliphatic rings. The Labute approximate surface area is 261 Å². The molecule has 0 N–H and O–H groups in total. The van der Waals surface area contributed by atoms with Gasteiger partial charge in [-0.05, 0) is 43.2 Å². The van der Waals surface area contributed by atoms with Gasteiger partial charge in [0.2, 0.25) is 6.54 Å². The Bertz CT molecular complexity index is 1650. The number of hydrogen-bond acceptors (Lipinski definition) is 7. The second-order valence-electron chi connectivity index (χ2n) is 12.1. The van der Waals surface area contributed by atoms with Crippen molar-refractivity contribution >= 4 is 39.8 Å². The third-order valence-corrected chi connectivity index (χ3v) is 9.70. The summed E-state index contributed by atoms with van der Waals surface area (Å²) in [5.41, 5.74) is 3.00. The molecule has 0 bridgehead atoms. The summed E-state index contributed by atoms with van der Waals surface area (Å²) in [4.78, 5) is 34.4. The molecule has 7 rings (SSSR count).